The zero-order chi connectivity index (χ0) is 20.1. The van der Waals surface area contributed by atoms with Crippen LogP contribution in [0.5, 0.6) is 0 Å². The molecule has 2 aromatic rings. The molecular weight excluding hydrogens is 355 g/mol. The van der Waals surface area contributed by atoms with Crippen LogP contribution in [0.25, 0.3) is 0 Å². The second-order valence-electron chi connectivity index (χ2n) is 7.78. The monoisotopic (exact) mass is 384 g/mol. The number of halogens is 1. The van der Waals surface area contributed by atoms with Crippen LogP contribution in [0.2, 0.25) is 0 Å². The van der Waals surface area contributed by atoms with E-state index in [1.54, 1.807) is 18.5 Å². The molecule has 1 saturated heterocycles. The average molecular weight is 384 g/mol. The van der Waals surface area contributed by atoms with Crippen LogP contribution in [0.4, 0.5) is 10.2 Å². The highest BCUT2D eigenvalue weighted by molar-refractivity contribution is 5.78. The van der Waals surface area contributed by atoms with Crippen molar-refractivity contribution in [3.8, 4) is 0 Å². The fraction of sp³-hybridized carbons (Fsp3) is 0.500. The summed E-state index contributed by atoms with van der Waals surface area (Å²) in [4.78, 5) is 25.9. The zero-order valence-corrected chi connectivity index (χ0v) is 16.9. The van der Waals surface area contributed by atoms with Gasteiger partial charge in [-0.15, -0.1) is 0 Å². The number of carbonyl (C=O) groups excluding carboxylic acids is 1. The van der Waals surface area contributed by atoms with Crippen LogP contribution < -0.4 is 4.90 Å². The van der Waals surface area contributed by atoms with Crippen molar-refractivity contribution in [2.45, 2.75) is 52.6 Å². The summed E-state index contributed by atoms with van der Waals surface area (Å²) in [7, 11) is 0. The number of rotatable bonds is 6. The first-order valence-corrected chi connectivity index (χ1v) is 10.1. The van der Waals surface area contributed by atoms with Crippen molar-refractivity contribution < 1.29 is 9.18 Å². The predicted octanol–water partition coefficient (Wildman–Crippen LogP) is 3.83. The molecule has 0 unspecified atom stereocenters. The van der Waals surface area contributed by atoms with Gasteiger partial charge in [-0.1, -0.05) is 39.3 Å². The molecule has 0 N–H and O–H groups in total. The number of nitrogens with zero attached hydrogens (tertiary/aromatic N) is 4. The van der Waals surface area contributed by atoms with Gasteiger partial charge in [-0.2, -0.15) is 0 Å². The predicted molar refractivity (Wildman–Crippen MR) is 108 cm³/mol. The Hall–Kier alpha value is -2.50. The Morgan fingerprint density at radius 1 is 1.25 bits per heavy atom. The number of anilines is 1. The second kappa shape index (κ2) is 9.13. The molecule has 0 bridgehead atoms. The Balaban J connectivity index is 1.87. The van der Waals surface area contributed by atoms with Crippen LogP contribution in [-0.2, 0) is 17.8 Å². The lowest BCUT2D eigenvalue weighted by Gasteiger charge is -2.35. The number of aromatic nitrogens is 2. The third-order valence-electron chi connectivity index (χ3n) is 5.34. The van der Waals surface area contributed by atoms with Gasteiger partial charge in [0.2, 0.25) is 5.91 Å². The maximum Gasteiger partial charge on any atom is 0.224 e. The van der Waals surface area contributed by atoms with Gasteiger partial charge in [-0.05, 0) is 30.0 Å². The molecule has 150 valence electrons. The third-order valence-corrected chi connectivity index (χ3v) is 5.34. The minimum absolute atomic E-state index is 0.0597. The van der Waals surface area contributed by atoms with E-state index in [9.17, 15) is 9.18 Å². The van der Waals surface area contributed by atoms with Crippen molar-refractivity contribution in [2.24, 2.45) is 5.92 Å². The summed E-state index contributed by atoms with van der Waals surface area (Å²) < 4.78 is 13.3. The van der Waals surface area contributed by atoms with Crippen molar-refractivity contribution in [1.29, 1.82) is 0 Å². The maximum atomic E-state index is 13.3. The standard InChI is InChI=1S/C22H29FN4O/c1-4-5-18-12-24-15-25-22(18)26-11-10-21(28)27(20(14-26)16(2)3)13-17-6-8-19(23)9-7-17/h6-9,12,15-16,20H,4-5,10-11,13-14H2,1-3H3/t20-/m0/s1. The molecule has 1 atom stereocenters. The van der Waals surface area contributed by atoms with E-state index < -0.39 is 0 Å². The Kier molecular flexibility index (Phi) is 6.60. The molecule has 1 aromatic heterocycles. The van der Waals surface area contributed by atoms with Crippen LogP contribution in [-0.4, -0.2) is 39.9 Å². The Morgan fingerprint density at radius 3 is 2.68 bits per heavy atom. The highest BCUT2D eigenvalue weighted by Gasteiger charge is 2.32. The van der Waals surface area contributed by atoms with E-state index in [2.05, 4.69) is 35.6 Å². The summed E-state index contributed by atoms with van der Waals surface area (Å²) >= 11 is 0. The van der Waals surface area contributed by atoms with Crippen LogP contribution >= 0.6 is 0 Å². The molecule has 2 heterocycles. The first-order chi connectivity index (χ1) is 13.5. The number of hydrogen-bond acceptors (Lipinski definition) is 4. The highest BCUT2D eigenvalue weighted by Crippen LogP contribution is 2.26. The van der Waals surface area contributed by atoms with Gasteiger partial charge in [0.05, 0.1) is 6.04 Å². The molecule has 0 spiro atoms. The minimum Gasteiger partial charge on any atom is -0.354 e. The number of aryl methyl sites for hydroxylation is 1. The molecule has 3 rings (SSSR count). The SMILES string of the molecule is CCCc1cncnc1N1CCC(=O)N(Cc2ccc(F)cc2)[C@H](C(C)C)C1. The molecule has 1 aliphatic rings. The van der Waals surface area contributed by atoms with Gasteiger partial charge in [0.15, 0.2) is 0 Å². The maximum absolute atomic E-state index is 13.3. The number of benzene rings is 1. The lowest BCUT2D eigenvalue weighted by Crippen LogP contribution is -2.46. The molecule has 1 fully saturated rings. The van der Waals surface area contributed by atoms with Gasteiger partial charge in [0.1, 0.15) is 18.0 Å². The van der Waals surface area contributed by atoms with Crippen LogP contribution in [0, 0.1) is 11.7 Å². The molecule has 0 radical (unpaired) electrons. The molecule has 1 amide bonds. The van der Waals surface area contributed by atoms with Gasteiger partial charge in [-0.3, -0.25) is 4.79 Å². The molecule has 0 saturated carbocycles. The van der Waals surface area contributed by atoms with Crippen molar-refractivity contribution >= 4 is 11.7 Å². The van der Waals surface area contributed by atoms with Gasteiger partial charge in [-0.25, -0.2) is 14.4 Å². The second-order valence-corrected chi connectivity index (χ2v) is 7.78. The summed E-state index contributed by atoms with van der Waals surface area (Å²) in [5.41, 5.74) is 2.08. The molecule has 28 heavy (non-hydrogen) atoms. The van der Waals surface area contributed by atoms with Crippen molar-refractivity contribution in [1.82, 2.24) is 14.9 Å². The average Bonchev–Trinajstić information content (AvgIpc) is 2.84. The Bertz CT molecular complexity index is 793. The number of carbonyl (C=O) groups is 1. The zero-order valence-electron chi connectivity index (χ0n) is 16.9. The summed E-state index contributed by atoms with van der Waals surface area (Å²) in [5, 5.41) is 0. The van der Waals surface area contributed by atoms with Crippen molar-refractivity contribution in [3.05, 3.63) is 53.7 Å². The molecule has 6 heteroatoms. The quantitative estimate of drug-likeness (QED) is 0.759. The first kappa shape index (κ1) is 20.2. The van der Waals surface area contributed by atoms with E-state index in [1.165, 1.54) is 12.1 Å². The van der Waals surface area contributed by atoms with Crippen LogP contribution in [0.3, 0.4) is 0 Å². The van der Waals surface area contributed by atoms with Crippen LogP contribution in [0.15, 0.2) is 36.8 Å². The summed E-state index contributed by atoms with van der Waals surface area (Å²) in [6.45, 7) is 8.32. The van der Waals surface area contributed by atoms with Gasteiger partial charge < -0.3 is 9.80 Å². The molecule has 0 aliphatic carbocycles. The van der Waals surface area contributed by atoms with Gasteiger partial charge in [0.25, 0.3) is 0 Å². The lowest BCUT2D eigenvalue weighted by atomic mass is 10.0. The summed E-state index contributed by atoms with van der Waals surface area (Å²) in [5.74, 6) is 1.11. The minimum atomic E-state index is -0.259. The van der Waals surface area contributed by atoms with Gasteiger partial charge in [0, 0.05) is 37.8 Å². The summed E-state index contributed by atoms with van der Waals surface area (Å²) in [6.07, 6.45) is 5.87. The van der Waals surface area contributed by atoms with E-state index in [4.69, 9.17) is 0 Å². The topological polar surface area (TPSA) is 49.3 Å². The fourth-order valence-corrected chi connectivity index (χ4v) is 3.81. The van der Waals surface area contributed by atoms with E-state index in [0.717, 1.165) is 36.3 Å². The molecule has 1 aliphatic heterocycles. The van der Waals surface area contributed by atoms with Crippen molar-refractivity contribution in [3.63, 3.8) is 0 Å². The Labute approximate surface area is 166 Å². The smallest absolute Gasteiger partial charge is 0.224 e. The molecule has 5 nitrogen and oxygen atoms in total. The highest BCUT2D eigenvalue weighted by atomic mass is 19.1. The van der Waals surface area contributed by atoms with E-state index >= 15 is 0 Å². The Morgan fingerprint density at radius 2 is 2.00 bits per heavy atom. The lowest BCUT2D eigenvalue weighted by molar-refractivity contribution is -0.134. The van der Waals surface area contributed by atoms with Crippen LogP contribution in [0.1, 0.15) is 44.7 Å². The third kappa shape index (κ3) is 4.66. The van der Waals surface area contributed by atoms with E-state index in [0.29, 0.717) is 25.4 Å². The molecular formula is C22H29FN4O. The largest absolute Gasteiger partial charge is 0.354 e. The first-order valence-electron chi connectivity index (χ1n) is 10.1. The van der Waals surface area contributed by atoms with E-state index in [-0.39, 0.29) is 17.8 Å². The van der Waals surface area contributed by atoms with Crippen molar-refractivity contribution in [2.75, 3.05) is 18.0 Å². The number of hydrogen-bond donors (Lipinski definition) is 0. The summed E-state index contributed by atoms with van der Waals surface area (Å²) in [6, 6.07) is 6.47. The van der Waals surface area contributed by atoms with E-state index in [1.807, 2.05) is 11.1 Å². The molecule has 1 aromatic carbocycles. The number of amides is 1. The fourth-order valence-electron chi connectivity index (χ4n) is 3.81. The van der Waals surface area contributed by atoms with Gasteiger partial charge >= 0.3 is 0 Å². The normalized spacial score (nSPS) is 17.9.